The molecule has 2 heteroatoms. The van der Waals surface area contributed by atoms with Crippen LogP contribution in [-0.4, -0.2) is 9.97 Å². The smallest absolute Gasteiger partial charge is 0.104 e. The Morgan fingerprint density at radius 1 is 1.21 bits per heavy atom. The fourth-order valence-corrected chi connectivity index (χ4v) is 1.07. The van der Waals surface area contributed by atoms with Gasteiger partial charge in [-0.05, 0) is 26.8 Å². The summed E-state index contributed by atoms with van der Waals surface area (Å²) < 4.78 is 0. The Bertz CT molecular complexity index is 383. The van der Waals surface area contributed by atoms with E-state index in [0.29, 0.717) is 0 Å². The number of nitrogens with one attached hydrogen (secondary N) is 1. The van der Waals surface area contributed by atoms with E-state index in [1.807, 2.05) is 58.9 Å². The second-order valence-corrected chi connectivity index (χ2v) is 2.60. The maximum absolute atomic E-state index is 4.31. The Morgan fingerprint density at radius 3 is 2.36 bits per heavy atom. The average molecular weight is 192 g/mol. The summed E-state index contributed by atoms with van der Waals surface area (Å²) in [4.78, 5) is 7.49. The van der Waals surface area contributed by atoms with E-state index >= 15 is 0 Å². The second-order valence-electron chi connectivity index (χ2n) is 2.60. The number of H-pyrrole nitrogens is 1. The van der Waals surface area contributed by atoms with Crippen molar-refractivity contribution in [3.8, 4) is 0 Å². The lowest BCUT2D eigenvalue weighted by Crippen LogP contribution is -2.23. The number of allylic oxidation sites excluding steroid dienone is 2. The summed E-state index contributed by atoms with van der Waals surface area (Å²) >= 11 is 0. The van der Waals surface area contributed by atoms with Crippen LogP contribution in [0.1, 0.15) is 33.5 Å². The summed E-state index contributed by atoms with van der Waals surface area (Å²) in [6, 6.07) is 0. The fourth-order valence-electron chi connectivity index (χ4n) is 1.07. The van der Waals surface area contributed by atoms with Crippen molar-refractivity contribution < 1.29 is 0 Å². The molecular weight excluding hydrogens is 172 g/mol. The highest BCUT2D eigenvalue weighted by Crippen LogP contribution is 1.74. The number of aromatic amines is 1. The van der Waals surface area contributed by atoms with Crippen molar-refractivity contribution in [1.29, 1.82) is 0 Å². The van der Waals surface area contributed by atoms with Crippen molar-refractivity contribution >= 4 is 12.2 Å². The van der Waals surface area contributed by atoms with Crippen LogP contribution in [-0.2, 0) is 0 Å². The summed E-state index contributed by atoms with van der Waals surface area (Å²) in [5.74, 6) is 0.957. The molecule has 1 aromatic rings. The summed E-state index contributed by atoms with van der Waals surface area (Å²) in [6.07, 6.45) is 8.02. The molecule has 1 heterocycles. The summed E-state index contributed by atoms with van der Waals surface area (Å²) in [5, 5.41) is 2.10. The van der Waals surface area contributed by atoms with E-state index in [1.54, 1.807) is 0 Å². The zero-order valence-electron chi connectivity index (χ0n) is 9.76. The molecule has 0 amide bonds. The predicted molar refractivity (Wildman–Crippen MR) is 63.3 cm³/mol. The molecule has 0 fully saturated rings. The van der Waals surface area contributed by atoms with Crippen molar-refractivity contribution in [2.75, 3.05) is 0 Å². The van der Waals surface area contributed by atoms with Gasteiger partial charge in [0.1, 0.15) is 5.82 Å². The lowest BCUT2D eigenvalue weighted by atomic mass is 10.4. The Labute approximate surface area is 86.1 Å². The molecule has 0 saturated carbocycles. The highest BCUT2D eigenvalue weighted by Gasteiger charge is 1.88. The van der Waals surface area contributed by atoms with Crippen LogP contribution in [0.3, 0.4) is 0 Å². The third-order valence-electron chi connectivity index (χ3n) is 1.61. The number of nitrogens with zero attached hydrogens (tertiary/aromatic N) is 1. The number of aromatic nitrogens is 2. The molecule has 0 aliphatic carbocycles. The van der Waals surface area contributed by atoms with Crippen LogP contribution in [0, 0.1) is 6.92 Å². The summed E-state index contributed by atoms with van der Waals surface area (Å²) in [6.45, 7) is 9.94. The van der Waals surface area contributed by atoms with Crippen molar-refractivity contribution in [3.05, 3.63) is 28.7 Å². The first-order valence-electron chi connectivity index (χ1n) is 5.10. The minimum absolute atomic E-state index is 0.957. The predicted octanol–water partition coefficient (Wildman–Crippen LogP) is 1.90. The van der Waals surface area contributed by atoms with Crippen LogP contribution in [0.15, 0.2) is 12.2 Å². The third-order valence-corrected chi connectivity index (χ3v) is 1.61. The number of hydrogen-bond donors (Lipinski definition) is 1. The molecule has 0 spiro atoms. The van der Waals surface area contributed by atoms with Crippen LogP contribution in [0.2, 0.25) is 0 Å². The molecule has 2 nitrogen and oxygen atoms in total. The Balaban J connectivity index is 0.000000791. The maximum atomic E-state index is 4.31. The van der Waals surface area contributed by atoms with Gasteiger partial charge in [-0.1, -0.05) is 32.1 Å². The maximum Gasteiger partial charge on any atom is 0.104 e. The molecule has 1 rings (SSSR count). The van der Waals surface area contributed by atoms with Crippen molar-refractivity contribution in [2.45, 2.75) is 34.6 Å². The van der Waals surface area contributed by atoms with Gasteiger partial charge in [-0.15, -0.1) is 0 Å². The minimum atomic E-state index is 0.957. The molecule has 14 heavy (non-hydrogen) atoms. The van der Waals surface area contributed by atoms with Gasteiger partial charge in [0.15, 0.2) is 0 Å². The largest absolute Gasteiger partial charge is 0.342 e. The van der Waals surface area contributed by atoms with Crippen molar-refractivity contribution in [3.63, 3.8) is 0 Å². The standard InChI is InChI=1S/C10H14N2.C2H6/c1-4-6-7-10-9(5-2)11-8(3)12-10;1-2/h4-7H,1-3H3,(H,11,12);1-2H3/b6-4-,9-5+,10-7+;. The first kappa shape index (κ1) is 12.7. The highest BCUT2D eigenvalue weighted by atomic mass is 14.9. The van der Waals surface area contributed by atoms with Gasteiger partial charge in [0, 0.05) is 0 Å². The Kier molecular flexibility index (Phi) is 6.46. The zero-order valence-corrected chi connectivity index (χ0v) is 9.76. The lowest BCUT2D eigenvalue weighted by Gasteiger charge is -1.74. The number of aryl methyl sites for hydroxylation is 1. The van der Waals surface area contributed by atoms with Gasteiger partial charge in [0.2, 0.25) is 0 Å². The van der Waals surface area contributed by atoms with Gasteiger partial charge in [0.05, 0.1) is 10.7 Å². The average Bonchev–Trinajstić information content (AvgIpc) is 2.59. The molecule has 0 atom stereocenters. The van der Waals surface area contributed by atoms with Crippen LogP contribution in [0.25, 0.3) is 12.2 Å². The number of hydrogen-bond acceptors (Lipinski definition) is 1. The molecule has 0 aliphatic rings. The quantitative estimate of drug-likeness (QED) is 0.723. The lowest BCUT2D eigenvalue weighted by molar-refractivity contribution is 1.13. The SMILES string of the molecule is CC.C\C=C/C=c1/[nH]c(C)n/c1=C/C. The van der Waals surface area contributed by atoms with Crippen LogP contribution >= 0.6 is 0 Å². The van der Waals surface area contributed by atoms with E-state index in [4.69, 9.17) is 0 Å². The van der Waals surface area contributed by atoms with E-state index in [0.717, 1.165) is 16.5 Å². The van der Waals surface area contributed by atoms with E-state index in [9.17, 15) is 0 Å². The second kappa shape index (κ2) is 7.13. The molecule has 0 aromatic carbocycles. The highest BCUT2D eigenvalue weighted by molar-refractivity contribution is 5.35. The monoisotopic (exact) mass is 192 g/mol. The Hall–Kier alpha value is -1.31. The van der Waals surface area contributed by atoms with E-state index in [-0.39, 0.29) is 0 Å². The topological polar surface area (TPSA) is 28.7 Å². The van der Waals surface area contributed by atoms with Crippen LogP contribution in [0.5, 0.6) is 0 Å². The Morgan fingerprint density at radius 2 is 1.86 bits per heavy atom. The van der Waals surface area contributed by atoms with Gasteiger partial charge >= 0.3 is 0 Å². The fraction of sp³-hybridized carbons (Fsp3) is 0.417. The summed E-state index contributed by atoms with van der Waals surface area (Å²) in [5.41, 5.74) is 0. The third kappa shape index (κ3) is 3.60. The molecule has 0 bridgehead atoms. The van der Waals surface area contributed by atoms with Crippen LogP contribution in [0.4, 0.5) is 0 Å². The minimum Gasteiger partial charge on any atom is -0.342 e. The normalized spacial score (nSPS) is 13.2. The van der Waals surface area contributed by atoms with Gasteiger partial charge < -0.3 is 4.98 Å². The number of rotatable bonds is 1. The summed E-state index contributed by atoms with van der Waals surface area (Å²) in [7, 11) is 0. The van der Waals surface area contributed by atoms with E-state index in [1.165, 1.54) is 0 Å². The van der Waals surface area contributed by atoms with Gasteiger partial charge in [-0.3, -0.25) is 0 Å². The molecule has 0 aliphatic heterocycles. The van der Waals surface area contributed by atoms with Gasteiger partial charge in [-0.2, -0.15) is 0 Å². The van der Waals surface area contributed by atoms with E-state index < -0.39 is 0 Å². The molecule has 1 aromatic heterocycles. The molecule has 0 saturated heterocycles. The number of imidazole rings is 1. The zero-order chi connectivity index (χ0) is 11.0. The van der Waals surface area contributed by atoms with Crippen LogP contribution < -0.4 is 10.7 Å². The molecule has 78 valence electrons. The van der Waals surface area contributed by atoms with Crippen molar-refractivity contribution in [2.24, 2.45) is 0 Å². The van der Waals surface area contributed by atoms with Gasteiger partial charge in [-0.25, -0.2) is 4.98 Å². The van der Waals surface area contributed by atoms with Crippen molar-refractivity contribution in [1.82, 2.24) is 9.97 Å². The molecule has 0 unspecified atom stereocenters. The first-order valence-corrected chi connectivity index (χ1v) is 5.10. The molecule has 1 N–H and O–H groups in total. The first-order chi connectivity index (χ1) is 6.77. The molecular formula is C12H20N2. The van der Waals surface area contributed by atoms with E-state index in [2.05, 4.69) is 9.97 Å². The molecule has 0 radical (unpaired) electrons. The van der Waals surface area contributed by atoms with Gasteiger partial charge in [0.25, 0.3) is 0 Å².